The standard InChI is InChI=1S/C23H24N2O4/c1-28-20-8-7-17(13-21(20)29-2)22(25-11-3-4-19(25)23(26)27)16-5-6-18-14-24-10-9-15(18)12-16/h5-10,12-14,19,22H,3-4,11H2,1-2H3,(H,26,27). The smallest absolute Gasteiger partial charge is 0.320 e. The lowest BCUT2D eigenvalue weighted by Crippen LogP contribution is -2.39. The number of hydrogen-bond donors (Lipinski definition) is 1. The van der Waals surface area contributed by atoms with Gasteiger partial charge in [-0.05, 0) is 53.6 Å². The lowest BCUT2D eigenvalue weighted by Gasteiger charge is -2.32. The van der Waals surface area contributed by atoms with Crippen LogP contribution in [0.2, 0.25) is 0 Å². The van der Waals surface area contributed by atoms with E-state index in [0.29, 0.717) is 17.9 Å². The Kier molecular flexibility index (Phi) is 5.36. The average molecular weight is 392 g/mol. The molecule has 2 aromatic carbocycles. The number of carbonyl (C=O) groups is 1. The first kappa shape index (κ1) is 19.2. The molecule has 3 aromatic rings. The number of methoxy groups -OCH3 is 2. The average Bonchev–Trinajstić information content (AvgIpc) is 3.23. The summed E-state index contributed by atoms with van der Waals surface area (Å²) in [5.74, 6) is 0.500. The fourth-order valence-electron chi connectivity index (χ4n) is 4.23. The number of likely N-dealkylation sites (tertiary alicyclic amines) is 1. The van der Waals surface area contributed by atoms with E-state index in [-0.39, 0.29) is 6.04 Å². The van der Waals surface area contributed by atoms with Gasteiger partial charge in [0.05, 0.1) is 20.3 Å². The third-order valence-electron chi connectivity index (χ3n) is 5.61. The van der Waals surface area contributed by atoms with Crippen LogP contribution in [0.5, 0.6) is 11.5 Å². The first-order chi connectivity index (χ1) is 14.1. The summed E-state index contributed by atoms with van der Waals surface area (Å²) in [5.41, 5.74) is 2.02. The van der Waals surface area contributed by atoms with Gasteiger partial charge in [0.15, 0.2) is 11.5 Å². The van der Waals surface area contributed by atoms with E-state index in [1.807, 2.05) is 36.5 Å². The number of benzene rings is 2. The number of fused-ring (bicyclic) bond motifs is 1. The van der Waals surface area contributed by atoms with Gasteiger partial charge < -0.3 is 14.6 Å². The minimum Gasteiger partial charge on any atom is -0.493 e. The van der Waals surface area contributed by atoms with Gasteiger partial charge in [0, 0.05) is 24.3 Å². The molecule has 1 fully saturated rings. The summed E-state index contributed by atoms with van der Waals surface area (Å²) < 4.78 is 10.9. The van der Waals surface area contributed by atoms with Crippen molar-refractivity contribution in [3.05, 3.63) is 66.0 Å². The Bertz CT molecular complexity index is 1040. The molecule has 2 heterocycles. The minimum absolute atomic E-state index is 0.198. The zero-order valence-corrected chi connectivity index (χ0v) is 16.5. The second-order valence-corrected chi connectivity index (χ2v) is 7.23. The summed E-state index contributed by atoms with van der Waals surface area (Å²) in [6.45, 7) is 0.727. The highest BCUT2D eigenvalue weighted by Crippen LogP contribution is 2.39. The monoisotopic (exact) mass is 392 g/mol. The fraction of sp³-hybridized carbons (Fsp3) is 0.304. The predicted octanol–water partition coefficient (Wildman–Crippen LogP) is 3.89. The molecule has 6 nitrogen and oxygen atoms in total. The van der Waals surface area contributed by atoms with Crippen molar-refractivity contribution in [1.82, 2.24) is 9.88 Å². The summed E-state index contributed by atoms with van der Waals surface area (Å²) in [7, 11) is 3.21. The van der Waals surface area contributed by atoms with Crippen LogP contribution in [0.4, 0.5) is 0 Å². The van der Waals surface area contributed by atoms with E-state index < -0.39 is 12.0 Å². The Morgan fingerprint density at radius 3 is 2.59 bits per heavy atom. The molecule has 1 saturated heterocycles. The fourth-order valence-corrected chi connectivity index (χ4v) is 4.23. The molecule has 1 aliphatic rings. The van der Waals surface area contributed by atoms with E-state index in [2.05, 4.69) is 22.0 Å². The SMILES string of the molecule is COc1ccc(C(c2ccc3cnccc3c2)N2CCCC2C(=O)O)cc1OC. The third kappa shape index (κ3) is 3.63. The molecule has 4 rings (SSSR count). The molecule has 0 radical (unpaired) electrons. The van der Waals surface area contributed by atoms with Crippen LogP contribution >= 0.6 is 0 Å². The quantitative estimate of drug-likeness (QED) is 0.686. The molecule has 1 N–H and O–H groups in total. The van der Waals surface area contributed by atoms with Gasteiger partial charge in [0.25, 0.3) is 0 Å². The highest BCUT2D eigenvalue weighted by atomic mass is 16.5. The first-order valence-electron chi connectivity index (χ1n) is 9.66. The van der Waals surface area contributed by atoms with Crippen LogP contribution in [0.1, 0.15) is 30.0 Å². The Morgan fingerprint density at radius 1 is 1.07 bits per heavy atom. The molecular weight excluding hydrogens is 368 g/mol. The van der Waals surface area contributed by atoms with E-state index in [1.54, 1.807) is 20.4 Å². The molecule has 6 heteroatoms. The molecule has 0 saturated carbocycles. The molecular formula is C23H24N2O4. The zero-order valence-electron chi connectivity index (χ0n) is 16.5. The number of ether oxygens (including phenoxy) is 2. The Balaban J connectivity index is 1.86. The maximum absolute atomic E-state index is 11.9. The molecule has 0 amide bonds. The van der Waals surface area contributed by atoms with E-state index in [1.165, 1.54) is 0 Å². The van der Waals surface area contributed by atoms with Gasteiger partial charge in [-0.3, -0.25) is 14.7 Å². The van der Waals surface area contributed by atoms with Gasteiger partial charge >= 0.3 is 5.97 Å². The first-order valence-corrected chi connectivity index (χ1v) is 9.66. The lowest BCUT2D eigenvalue weighted by atomic mass is 9.94. The summed E-state index contributed by atoms with van der Waals surface area (Å²) in [6.07, 6.45) is 5.11. The van der Waals surface area contributed by atoms with E-state index in [9.17, 15) is 9.90 Å². The maximum atomic E-state index is 11.9. The van der Waals surface area contributed by atoms with Crippen LogP contribution < -0.4 is 9.47 Å². The van der Waals surface area contributed by atoms with Gasteiger partial charge in [-0.15, -0.1) is 0 Å². The molecule has 1 aliphatic heterocycles. The molecule has 0 bridgehead atoms. The molecule has 0 spiro atoms. The van der Waals surface area contributed by atoms with Crippen LogP contribution in [0.15, 0.2) is 54.9 Å². The highest BCUT2D eigenvalue weighted by molar-refractivity contribution is 5.82. The number of aliphatic carboxylic acids is 1. The van der Waals surface area contributed by atoms with Crippen molar-refractivity contribution < 1.29 is 19.4 Å². The highest BCUT2D eigenvalue weighted by Gasteiger charge is 2.37. The summed E-state index contributed by atoms with van der Waals surface area (Å²) in [6, 6.07) is 13.3. The molecule has 1 aromatic heterocycles. The van der Waals surface area contributed by atoms with Gasteiger partial charge in [-0.2, -0.15) is 0 Å². The van der Waals surface area contributed by atoms with Gasteiger partial charge in [-0.25, -0.2) is 0 Å². The van der Waals surface area contributed by atoms with Crippen molar-refractivity contribution in [2.75, 3.05) is 20.8 Å². The van der Waals surface area contributed by atoms with E-state index in [4.69, 9.17) is 9.47 Å². The maximum Gasteiger partial charge on any atom is 0.320 e. The molecule has 150 valence electrons. The normalized spacial score (nSPS) is 17.9. The second kappa shape index (κ2) is 8.09. The van der Waals surface area contributed by atoms with Crippen molar-refractivity contribution >= 4 is 16.7 Å². The Morgan fingerprint density at radius 2 is 1.83 bits per heavy atom. The number of hydrogen-bond acceptors (Lipinski definition) is 5. The molecule has 2 unspecified atom stereocenters. The van der Waals surface area contributed by atoms with E-state index in [0.717, 1.165) is 34.9 Å². The van der Waals surface area contributed by atoms with E-state index >= 15 is 0 Å². The lowest BCUT2D eigenvalue weighted by molar-refractivity contribution is -0.142. The van der Waals surface area contributed by atoms with Crippen LogP contribution in [0.25, 0.3) is 10.8 Å². The number of aromatic nitrogens is 1. The molecule has 29 heavy (non-hydrogen) atoms. The Hall–Kier alpha value is -3.12. The summed E-state index contributed by atoms with van der Waals surface area (Å²) >= 11 is 0. The number of pyridine rings is 1. The van der Waals surface area contributed by atoms with Gasteiger partial charge in [-0.1, -0.05) is 18.2 Å². The summed E-state index contributed by atoms with van der Waals surface area (Å²) in [5, 5.41) is 11.9. The van der Waals surface area contributed by atoms with Crippen molar-refractivity contribution in [2.24, 2.45) is 0 Å². The van der Waals surface area contributed by atoms with Gasteiger partial charge in [0.2, 0.25) is 0 Å². The largest absolute Gasteiger partial charge is 0.493 e. The third-order valence-corrected chi connectivity index (χ3v) is 5.61. The van der Waals surface area contributed by atoms with Gasteiger partial charge in [0.1, 0.15) is 6.04 Å². The van der Waals surface area contributed by atoms with Crippen molar-refractivity contribution in [2.45, 2.75) is 24.9 Å². The minimum atomic E-state index is -0.780. The van der Waals surface area contributed by atoms with Crippen molar-refractivity contribution in [3.63, 3.8) is 0 Å². The second-order valence-electron chi connectivity index (χ2n) is 7.23. The zero-order chi connectivity index (χ0) is 20.4. The van der Waals surface area contributed by atoms with Crippen molar-refractivity contribution in [3.8, 4) is 11.5 Å². The van der Waals surface area contributed by atoms with Crippen LogP contribution in [-0.2, 0) is 4.79 Å². The van der Waals surface area contributed by atoms with Crippen molar-refractivity contribution in [1.29, 1.82) is 0 Å². The number of carboxylic acids is 1. The Labute approximate surface area is 169 Å². The molecule has 0 aliphatic carbocycles. The molecule has 2 atom stereocenters. The number of carboxylic acid groups (broad SMARTS) is 1. The van der Waals surface area contributed by atoms with Crippen LogP contribution in [-0.4, -0.2) is 47.8 Å². The topological polar surface area (TPSA) is 71.9 Å². The number of rotatable bonds is 6. The summed E-state index contributed by atoms with van der Waals surface area (Å²) in [4.78, 5) is 18.2. The van der Waals surface area contributed by atoms with Crippen LogP contribution in [0, 0.1) is 0 Å². The van der Waals surface area contributed by atoms with Crippen LogP contribution in [0.3, 0.4) is 0 Å². The predicted molar refractivity (Wildman–Crippen MR) is 110 cm³/mol. The number of nitrogens with zero attached hydrogens (tertiary/aromatic N) is 2.